The molecule has 1 unspecified atom stereocenters. The minimum absolute atomic E-state index is 0.0269. The van der Waals surface area contributed by atoms with Gasteiger partial charge in [-0.15, -0.1) is 0 Å². The van der Waals surface area contributed by atoms with Crippen LogP contribution in [0.1, 0.15) is 25.3 Å². The number of hydrogen-bond donors (Lipinski definition) is 3. The minimum Gasteiger partial charge on any atom is -0.337 e. The number of halogens is 1. The Hall–Kier alpha value is -3.26. The van der Waals surface area contributed by atoms with Gasteiger partial charge in [-0.3, -0.25) is 14.9 Å². The number of likely N-dealkylation sites (tertiary alicyclic amines) is 1. The molecule has 1 aromatic heterocycles. The number of allylic oxidation sites excluding steroid dienone is 1. The van der Waals surface area contributed by atoms with Gasteiger partial charge >= 0.3 is 0 Å². The van der Waals surface area contributed by atoms with E-state index in [2.05, 4.69) is 16.9 Å². The molecule has 1 saturated heterocycles. The summed E-state index contributed by atoms with van der Waals surface area (Å²) < 4.78 is 1.87. The third-order valence-electron chi connectivity index (χ3n) is 5.06. The molecule has 0 spiro atoms. The van der Waals surface area contributed by atoms with Gasteiger partial charge in [-0.1, -0.05) is 24.2 Å². The van der Waals surface area contributed by atoms with Crippen molar-refractivity contribution in [2.24, 2.45) is 0 Å². The molecule has 0 aliphatic carbocycles. The molecule has 2 amide bonds. The van der Waals surface area contributed by atoms with Gasteiger partial charge in [0, 0.05) is 25.5 Å². The van der Waals surface area contributed by atoms with Crippen LogP contribution in [-0.4, -0.2) is 51.8 Å². The molecule has 1 atom stereocenters. The second-order valence-electron chi connectivity index (χ2n) is 6.94. The van der Waals surface area contributed by atoms with Crippen molar-refractivity contribution in [3.63, 3.8) is 0 Å². The maximum absolute atomic E-state index is 12.6. The topological polar surface area (TPSA) is 115 Å². The number of nitrogens with zero attached hydrogens (tertiary/aromatic N) is 3. The number of nitrogens with one attached hydrogen (secondary N) is 3. The Balaban J connectivity index is 2.08. The predicted molar refractivity (Wildman–Crippen MR) is 119 cm³/mol. The molecule has 30 heavy (non-hydrogen) atoms. The molecule has 3 rings (SSSR count). The molecule has 0 radical (unpaired) electrons. The number of rotatable bonds is 6. The van der Waals surface area contributed by atoms with Gasteiger partial charge < -0.3 is 20.3 Å². The van der Waals surface area contributed by atoms with E-state index in [1.807, 2.05) is 10.6 Å². The van der Waals surface area contributed by atoms with Crippen LogP contribution in [-0.2, 0) is 9.59 Å². The first-order valence-corrected chi connectivity index (χ1v) is 9.98. The Kier molecular flexibility index (Phi) is 6.79. The van der Waals surface area contributed by atoms with Crippen LogP contribution in [0.3, 0.4) is 0 Å². The molecular weight excluding hydrogens is 404 g/mol. The molecule has 8 nitrogen and oxygen atoms in total. The van der Waals surface area contributed by atoms with Crippen LogP contribution in [0.4, 0.5) is 5.95 Å². The monoisotopic (exact) mass is 426 g/mol. The first-order chi connectivity index (χ1) is 14.5. The number of imidazole rings is 1. The number of aromatic nitrogens is 2. The number of para-hydroxylation sites is 1. The van der Waals surface area contributed by atoms with Gasteiger partial charge in [0.25, 0.3) is 5.91 Å². The van der Waals surface area contributed by atoms with Crippen molar-refractivity contribution in [1.29, 1.82) is 10.8 Å². The second kappa shape index (κ2) is 9.49. The highest BCUT2D eigenvalue weighted by Gasteiger charge is 2.27. The fourth-order valence-electron chi connectivity index (χ4n) is 3.66. The smallest absolute Gasteiger partial charge is 0.259 e. The van der Waals surface area contributed by atoms with Crippen molar-refractivity contribution in [1.82, 2.24) is 14.5 Å². The number of benzene rings is 1. The van der Waals surface area contributed by atoms with E-state index in [1.165, 1.54) is 12.2 Å². The van der Waals surface area contributed by atoms with Crippen molar-refractivity contribution in [3.8, 4) is 0 Å². The van der Waals surface area contributed by atoms with E-state index in [0.29, 0.717) is 35.1 Å². The Morgan fingerprint density at radius 2 is 2.10 bits per heavy atom. The maximum atomic E-state index is 12.6. The average molecular weight is 427 g/mol. The van der Waals surface area contributed by atoms with E-state index in [1.54, 1.807) is 17.0 Å². The summed E-state index contributed by atoms with van der Waals surface area (Å²) in [6.45, 7) is 4.67. The van der Waals surface area contributed by atoms with E-state index in [4.69, 9.17) is 22.4 Å². The SMILES string of the molecule is C=CC(=O)N1CCCCC(n2c(NC(=O)/C(C=N)=C/C=N)nc3cccc(Cl)c32)C1. The van der Waals surface area contributed by atoms with Gasteiger partial charge in [-0.05, 0) is 43.5 Å². The number of carbonyl (C=O) groups excluding carboxylic acids is 2. The van der Waals surface area contributed by atoms with E-state index >= 15 is 0 Å². The van der Waals surface area contributed by atoms with Gasteiger partial charge in [0.15, 0.2) is 0 Å². The number of anilines is 1. The van der Waals surface area contributed by atoms with Crippen LogP contribution in [0.2, 0.25) is 5.02 Å². The molecular formula is C21H23ClN6O2. The second-order valence-corrected chi connectivity index (χ2v) is 7.35. The van der Waals surface area contributed by atoms with E-state index in [0.717, 1.165) is 31.7 Å². The van der Waals surface area contributed by atoms with Gasteiger partial charge in [-0.2, -0.15) is 0 Å². The van der Waals surface area contributed by atoms with Gasteiger partial charge in [0.2, 0.25) is 11.9 Å². The first-order valence-electron chi connectivity index (χ1n) is 9.60. The van der Waals surface area contributed by atoms with Crippen LogP contribution >= 0.6 is 11.6 Å². The van der Waals surface area contributed by atoms with Crippen molar-refractivity contribution in [2.45, 2.75) is 25.3 Å². The van der Waals surface area contributed by atoms with Crippen molar-refractivity contribution < 1.29 is 9.59 Å². The lowest BCUT2D eigenvalue weighted by molar-refractivity contribution is -0.126. The van der Waals surface area contributed by atoms with Gasteiger partial charge in [0.05, 0.1) is 27.7 Å². The number of carbonyl (C=O) groups is 2. The van der Waals surface area contributed by atoms with Crippen molar-refractivity contribution >= 4 is 52.8 Å². The molecule has 1 aliphatic heterocycles. The molecule has 1 aliphatic rings. The zero-order valence-corrected chi connectivity index (χ0v) is 17.2. The van der Waals surface area contributed by atoms with E-state index < -0.39 is 5.91 Å². The molecule has 9 heteroatoms. The lowest BCUT2D eigenvalue weighted by Gasteiger charge is -2.26. The molecule has 1 fully saturated rings. The minimum atomic E-state index is -0.547. The summed E-state index contributed by atoms with van der Waals surface area (Å²) in [7, 11) is 0. The zero-order chi connectivity index (χ0) is 21.7. The molecule has 2 heterocycles. The number of fused-ring (bicyclic) bond motifs is 1. The fraction of sp³-hybridized carbons (Fsp3) is 0.286. The highest BCUT2D eigenvalue weighted by atomic mass is 35.5. The summed E-state index contributed by atoms with van der Waals surface area (Å²) in [6.07, 6.45) is 6.94. The highest BCUT2D eigenvalue weighted by molar-refractivity contribution is 6.35. The summed E-state index contributed by atoms with van der Waals surface area (Å²) in [4.78, 5) is 31.2. The third kappa shape index (κ3) is 4.33. The van der Waals surface area contributed by atoms with Crippen LogP contribution in [0.5, 0.6) is 0 Å². The van der Waals surface area contributed by atoms with Gasteiger partial charge in [-0.25, -0.2) is 4.98 Å². The third-order valence-corrected chi connectivity index (χ3v) is 5.37. The summed E-state index contributed by atoms with van der Waals surface area (Å²) in [5.41, 5.74) is 1.33. The average Bonchev–Trinajstić information content (AvgIpc) is 2.93. The molecule has 1 aromatic carbocycles. The summed E-state index contributed by atoms with van der Waals surface area (Å²) in [6, 6.07) is 5.20. The van der Waals surface area contributed by atoms with E-state index in [9.17, 15) is 9.59 Å². The standard InChI is InChI=1S/C21H23ClN6O2/c1-2-18(29)27-11-4-3-6-15(13-27)28-19-16(22)7-5-8-17(19)25-21(28)26-20(30)14(12-24)9-10-23/h2,5,7-10,12,15,23-24H,1,3-4,6,11,13H2,(H,25,26,30)/b14-9+,23-10?,24-12?. The number of amides is 2. The van der Waals surface area contributed by atoms with Crippen LogP contribution in [0.25, 0.3) is 11.0 Å². The van der Waals surface area contributed by atoms with Crippen LogP contribution in [0.15, 0.2) is 42.5 Å². The normalized spacial score (nSPS) is 17.3. The fourth-order valence-corrected chi connectivity index (χ4v) is 3.92. The van der Waals surface area contributed by atoms with Crippen LogP contribution in [0, 0.1) is 10.8 Å². The molecule has 0 saturated carbocycles. The lowest BCUT2D eigenvalue weighted by atomic mass is 10.1. The largest absolute Gasteiger partial charge is 0.337 e. The van der Waals surface area contributed by atoms with E-state index in [-0.39, 0.29) is 17.5 Å². The molecule has 3 N–H and O–H groups in total. The number of hydrogen-bond acceptors (Lipinski definition) is 5. The molecule has 2 aromatic rings. The van der Waals surface area contributed by atoms with Crippen LogP contribution < -0.4 is 5.32 Å². The van der Waals surface area contributed by atoms with Crippen molar-refractivity contribution in [3.05, 3.63) is 47.5 Å². The zero-order valence-electron chi connectivity index (χ0n) is 16.4. The summed E-state index contributed by atoms with van der Waals surface area (Å²) in [5, 5.41) is 17.8. The Labute approximate surface area is 179 Å². The highest BCUT2D eigenvalue weighted by Crippen LogP contribution is 2.33. The molecule has 0 bridgehead atoms. The predicted octanol–water partition coefficient (Wildman–Crippen LogP) is 3.59. The Morgan fingerprint density at radius 1 is 1.30 bits per heavy atom. The maximum Gasteiger partial charge on any atom is 0.259 e. The Morgan fingerprint density at radius 3 is 2.80 bits per heavy atom. The molecule has 156 valence electrons. The lowest BCUT2D eigenvalue weighted by Crippen LogP contribution is -2.34. The summed E-state index contributed by atoms with van der Waals surface area (Å²) >= 11 is 6.49. The first kappa shape index (κ1) is 21.4. The summed E-state index contributed by atoms with van der Waals surface area (Å²) in [5.74, 6) is -0.393. The quantitative estimate of drug-likeness (QED) is 0.484. The van der Waals surface area contributed by atoms with Crippen molar-refractivity contribution in [2.75, 3.05) is 18.4 Å². The van der Waals surface area contributed by atoms with Gasteiger partial charge in [0.1, 0.15) is 0 Å². The Bertz CT molecular complexity index is 1040.